The van der Waals surface area contributed by atoms with Crippen molar-refractivity contribution in [2.24, 2.45) is 0 Å². The molecule has 0 fully saturated rings. The standard InChI is InChI=1S/C16H14N2O2/c1-11-12(10-19)7-8-16(18-11)20-15-6-2-5-14-13(15)4-3-9-17-14/h2-9,19H,10H2,1H3. The van der Waals surface area contributed by atoms with E-state index < -0.39 is 0 Å². The lowest BCUT2D eigenvalue weighted by atomic mass is 10.2. The molecule has 100 valence electrons. The molecule has 2 aromatic heterocycles. The van der Waals surface area contributed by atoms with Gasteiger partial charge in [-0.3, -0.25) is 4.98 Å². The van der Waals surface area contributed by atoms with Gasteiger partial charge in [-0.1, -0.05) is 6.07 Å². The maximum atomic E-state index is 9.15. The highest BCUT2D eigenvalue weighted by Gasteiger charge is 2.06. The van der Waals surface area contributed by atoms with Gasteiger partial charge in [0.05, 0.1) is 12.1 Å². The van der Waals surface area contributed by atoms with Gasteiger partial charge >= 0.3 is 0 Å². The number of aromatic nitrogens is 2. The number of aliphatic hydroxyl groups excluding tert-OH is 1. The molecule has 0 amide bonds. The molecule has 1 N–H and O–H groups in total. The van der Waals surface area contributed by atoms with Crippen LogP contribution in [0.2, 0.25) is 0 Å². The van der Waals surface area contributed by atoms with Crippen LogP contribution in [0.4, 0.5) is 0 Å². The molecular formula is C16H14N2O2. The Balaban J connectivity index is 1.99. The predicted octanol–water partition coefficient (Wildman–Crippen LogP) is 3.22. The number of fused-ring (bicyclic) bond motifs is 1. The second-order valence-corrected chi connectivity index (χ2v) is 4.48. The predicted molar refractivity (Wildman–Crippen MR) is 76.7 cm³/mol. The van der Waals surface area contributed by atoms with Crippen molar-refractivity contribution in [3.8, 4) is 11.6 Å². The van der Waals surface area contributed by atoms with Crippen molar-refractivity contribution in [2.45, 2.75) is 13.5 Å². The number of rotatable bonds is 3. The van der Waals surface area contributed by atoms with Gasteiger partial charge < -0.3 is 9.84 Å². The second-order valence-electron chi connectivity index (χ2n) is 4.48. The lowest BCUT2D eigenvalue weighted by molar-refractivity contribution is 0.280. The van der Waals surface area contributed by atoms with E-state index in [2.05, 4.69) is 9.97 Å². The summed E-state index contributed by atoms with van der Waals surface area (Å²) in [5.74, 6) is 1.23. The first-order valence-corrected chi connectivity index (χ1v) is 6.37. The molecule has 0 aliphatic rings. The van der Waals surface area contributed by atoms with Gasteiger partial charge in [0.25, 0.3) is 0 Å². The van der Waals surface area contributed by atoms with Gasteiger partial charge in [0.15, 0.2) is 0 Å². The first kappa shape index (κ1) is 12.6. The van der Waals surface area contributed by atoms with Crippen molar-refractivity contribution in [2.75, 3.05) is 0 Å². The third kappa shape index (κ3) is 2.33. The minimum atomic E-state index is -0.0166. The van der Waals surface area contributed by atoms with Gasteiger partial charge in [0, 0.05) is 23.3 Å². The molecule has 20 heavy (non-hydrogen) atoms. The summed E-state index contributed by atoms with van der Waals surface area (Å²) >= 11 is 0. The normalized spacial score (nSPS) is 10.7. The van der Waals surface area contributed by atoms with Crippen LogP contribution in [0.5, 0.6) is 11.6 Å². The monoisotopic (exact) mass is 266 g/mol. The fourth-order valence-electron chi connectivity index (χ4n) is 2.07. The number of ether oxygens (including phenoxy) is 1. The van der Waals surface area contributed by atoms with Crippen molar-refractivity contribution in [3.05, 3.63) is 59.9 Å². The van der Waals surface area contributed by atoms with Crippen molar-refractivity contribution in [1.82, 2.24) is 9.97 Å². The fraction of sp³-hybridized carbons (Fsp3) is 0.125. The van der Waals surface area contributed by atoms with Crippen LogP contribution in [0.3, 0.4) is 0 Å². The molecule has 0 saturated carbocycles. The Morgan fingerprint density at radius 1 is 1.10 bits per heavy atom. The molecule has 0 aliphatic carbocycles. The molecule has 0 atom stereocenters. The van der Waals surface area contributed by atoms with Gasteiger partial charge in [-0.2, -0.15) is 0 Å². The van der Waals surface area contributed by atoms with Gasteiger partial charge in [-0.05, 0) is 42.8 Å². The molecule has 0 radical (unpaired) electrons. The zero-order valence-corrected chi connectivity index (χ0v) is 11.1. The Morgan fingerprint density at radius 3 is 2.80 bits per heavy atom. The number of benzene rings is 1. The topological polar surface area (TPSA) is 55.2 Å². The molecule has 0 saturated heterocycles. The first-order valence-electron chi connectivity index (χ1n) is 6.37. The maximum Gasteiger partial charge on any atom is 0.219 e. The van der Waals surface area contributed by atoms with Gasteiger partial charge in [0.1, 0.15) is 5.75 Å². The second kappa shape index (κ2) is 5.27. The van der Waals surface area contributed by atoms with E-state index in [-0.39, 0.29) is 6.61 Å². The molecule has 3 aromatic rings. The summed E-state index contributed by atoms with van der Waals surface area (Å²) in [6, 6.07) is 13.2. The van der Waals surface area contributed by atoms with Crippen LogP contribution >= 0.6 is 0 Å². The largest absolute Gasteiger partial charge is 0.438 e. The molecule has 1 aromatic carbocycles. The van der Waals surface area contributed by atoms with Crippen LogP contribution in [0.15, 0.2) is 48.7 Å². The minimum absolute atomic E-state index is 0.0166. The number of nitrogens with zero attached hydrogens (tertiary/aromatic N) is 2. The molecule has 3 rings (SSSR count). The smallest absolute Gasteiger partial charge is 0.219 e. The molecule has 4 nitrogen and oxygen atoms in total. The van der Waals surface area contributed by atoms with Crippen LogP contribution in [-0.2, 0) is 6.61 Å². The van der Waals surface area contributed by atoms with Crippen LogP contribution < -0.4 is 4.74 Å². The van der Waals surface area contributed by atoms with E-state index in [1.54, 1.807) is 12.3 Å². The lowest BCUT2D eigenvalue weighted by Crippen LogP contribution is -1.95. The number of hydrogen-bond acceptors (Lipinski definition) is 4. The zero-order valence-electron chi connectivity index (χ0n) is 11.1. The van der Waals surface area contributed by atoms with E-state index in [4.69, 9.17) is 9.84 Å². The highest BCUT2D eigenvalue weighted by Crippen LogP contribution is 2.28. The van der Waals surface area contributed by atoms with Crippen LogP contribution in [-0.4, -0.2) is 15.1 Å². The van der Waals surface area contributed by atoms with E-state index >= 15 is 0 Å². The number of hydrogen-bond donors (Lipinski definition) is 1. The third-order valence-corrected chi connectivity index (χ3v) is 3.16. The Labute approximate surface area is 116 Å². The van der Waals surface area contributed by atoms with Crippen molar-refractivity contribution in [1.29, 1.82) is 0 Å². The summed E-state index contributed by atoms with van der Waals surface area (Å²) in [5.41, 5.74) is 2.45. The Kier molecular flexibility index (Phi) is 3.31. The highest BCUT2D eigenvalue weighted by atomic mass is 16.5. The lowest BCUT2D eigenvalue weighted by Gasteiger charge is -2.09. The van der Waals surface area contributed by atoms with Gasteiger partial charge in [-0.15, -0.1) is 0 Å². The average Bonchev–Trinajstić information content (AvgIpc) is 2.48. The summed E-state index contributed by atoms with van der Waals surface area (Å²) in [4.78, 5) is 8.64. The summed E-state index contributed by atoms with van der Waals surface area (Å²) in [5, 5.41) is 10.1. The van der Waals surface area contributed by atoms with E-state index in [9.17, 15) is 0 Å². The molecule has 2 heterocycles. The third-order valence-electron chi connectivity index (χ3n) is 3.16. The number of aliphatic hydroxyl groups is 1. The van der Waals surface area contributed by atoms with Crippen molar-refractivity contribution >= 4 is 10.9 Å². The van der Waals surface area contributed by atoms with Crippen LogP contribution in [0.1, 0.15) is 11.3 Å². The molecule has 0 aliphatic heterocycles. The Hall–Kier alpha value is -2.46. The molecular weight excluding hydrogens is 252 g/mol. The molecule has 0 spiro atoms. The van der Waals surface area contributed by atoms with Crippen molar-refractivity contribution in [3.63, 3.8) is 0 Å². The summed E-state index contributed by atoms with van der Waals surface area (Å²) in [6.45, 7) is 1.83. The number of aryl methyl sites for hydroxylation is 1. The fourth-order valence-corrected chi connectivity index (χ4v) is 2.07. The summed E-state index contributed by atoms with van der Waals surface area (Å²) in [6.07, 6.45) is 1.75. The number of pyridine rings is 2. The quantitative estimate of drug-likeness (QED) is 0.790. The van der Waals surface area contributed by atoms with Crippen molar-refractivity contribution < 1.29 is 9.84 Å². The first-order chi connectivity index (χ1) is 9.78. The summed E-state index contributed by atoms with van der Waals surface area (Å²) in [7, 11) is 0. The van der Waals surface area contributed by atoms with Gasteiger partial charge in [0.2, 0.25) is 5.88 Å². The SMILES string of the molecule is Cc1nc(Oc2cccc3ncccc23)ccc1CO. The molecule has 4 heteroatoms. The van der Waals surface area contributed by atoms with E-state index in [0.717, 1.165) is 27.9 Å². The maximum absolute atomic E-state index is 9.15. The van der Waals surface area contributed by atoms with Crippen LogP contribution in [0.25, 0.3) is 10.9 Å². The summed E-state index contributed by atoms with van der Waals surface area (Å²) < 4.78 is 5.84. The van der Waals surface area contributed by atoms with E-state index in [1.165, 1.54) is 0 Å². The Bertz CT molecular complexity index is 751. The van der Waals surface area contributed by atoms with E-state index in [0.29, 0.717) is 5.88 Å². The van der Waals surface area contributed by atoms with Crippen LogP contribution in [0, 0.1) is 6.92 Å². The van der Waals surface area contributed by atoms with E-state index in [1.807, 2.05) is 43.3 Å². The van der Waals surface area contributed by atoms with Gasteiger partial charge in [-0.25, -0.2) is 4.98 Å². The molecule has 0 unspecified atom stereocenters. The molecule has 0 bridgehead atoms. The highest BCUT2D eigenvalue weighted by molar-refractivity contribution is 5.85. The zero-order chi connectivity index (χ0) is 13.9. The average molecular weight is 266 g/mol. The Morgan fingerprint density at radius 2 is 2.00 bits per heavy atom. The minimum Gasteiger partial charge on any atom is -0.438 e.